The highest BCUT2D eigenvalue weighted by Gasteiger charge is 2.13. The van der Waals surface area contributed by atoms with Crippen LogP contribution in [-0.2, 0) is 6.54 Å². The van der Waals surface area contributed by atoms with Crippen LogP contribution in [0.5, 0.6) is 0 Å². The van der Waals surface area contributed by atoms with Crippen LogP contribution in [0.3, 0.4) is 0 Å². The Morgan fingerprint density at radius 1 is 1.16 bits per heavy atom. The summed E-state index contributed by atoms with van der Waals surface area (Å²) < 4.78 is 14.7. The Morgan fingerprint density at radius 2 is 1.89 bits per heavy atom. The molecule has 0 unspecified atom stereocenters. The van der Waals surface area contributed by atoms with Crippen LogP contribution < -0.4 is 5.32 Å². The number of aromatic nitrogens is 3. The van der Waals surface area contributed by atoms with Gasteiger partial charge in [0.05, 0.1) is 17.6 Å². The molecule has 2 aromatic rings. The number of rotatable bonds is 3. The molecule has 100 valence electrons. The van der Waals surface area contributed by atoms with E-state index in [1.54, 1.807) is 23.0 Å². The normalized spacial score (nSPS) is 16.7. The van der Waals surface area contributed by atoms with Crippen molar-refractivity contribution in [3.63, 3.8) is 0 Å². The first-order valence-electron chi connectivity index (χ1n) is 6.41. The number of hydrogen-bond donors (Lipinski definition) is 1. The second-order valence-electron chi connectivity index (χ2n) is 4.64. The predicted molar refractivity (Wildman–Crippen MR) is 69.5 cm³/mol. The Morgan fingerprint density at radius 3 is 2.63 bits per heavy atom. The van der Waals surface area contributed by atoms with E-state index in [1.165, 1.54) is 12.1 Å². The van der Waals surface area contributed by atoms with E-state index in [0.717, 1.165) is 44.1 Å². The summed E-state index contributed by atoms with van der Waals surface area (Å²) in [6, 6.07) is 6.30. The molecule has 1 saturated heterocycles. The number of benzene rings is 1. The minimum absolute atomic E-state index is 0.243. The summed E-state index contributed by atoms with van der Waals surface area (Å²) in [6.07, 6.45) is 1.77. The first kappa shape index (κ1) is 12.3. The van der Waals surface area contributed by atoms with Crippen molar-refractivity contribution >= 4 is 0 Å². The zero-order valence-electron chi connectivity index (χ0n) is 10.6. The van der Waals surface area contributed by atoms with Crippen molar-refractivity contribution in [2.75, 3.05) is 26.2 Å². The average Bonchev–Trinajstić information content (AvgIpc) is 2.89. The standard InChI is InChI=1S/C13H16FN5/c14-11-1-3-12(4-2-11)19-13(9-16-17-19)10-18-7-5-15-6-8-18/h1-4,9,15H,5-8,10H2. The van der Waals surface area contributed by atoms with Gasteiger partial charge in [-0.1, -0.05) is 5.21 Å². The van der Waals surface area contributed by atoms with Crippen molar-refractivity contribution < 1.29 is 4.39 Å². The second-order valence-corrected chi connectivity index (χ2v) is 4.64. The molecule has 6 heteroatoms. The Hall–Kier alpha value is -1.79. The summed E-state index contributed by atoms with van der Waals surface area (Å²) in [5.41, 5.74) is 1.86. The molecule has 1 aliphatic rings. The topological polar surface area (TPSA) is 46.0 Å². The van der Waals surface area contributed by atoms with Gasteiger partial charge in [0.1, 0.15) is 5.82 Å². The molecule has 1 aromatic heterocycles. The summed E-state index contributed by atoms with van der Waals surface area (Å²) in [5.74, 6) is -0.243. The lowest BCUT2D eigenvalue weighted by Crippen LogP contribution is -2.43. The minimum Gasteiger partial charge on any atom is -0.314 e. The van der Waals surface area contributed by atoms with Crippen molar-refractivity contribution in [2.45, 2.75) is 6.54 Å². The zero-order valence-corrected chi connectivity index (χ0v) is 10.6. The maximum Gasteiger partial charge on any atom is 0.123 e. The van der Waals surface area contributed by atoms with Gasteiger partial charge in [0.2, 0.25) is 0 Å². The van der Waals surface area contributed by atoms with E-state index in [2.05, 4.69) is 20.5 Å². The monoisotopic (exact) mass is 261 g/mol. The van der Waals surface area contributed by atoms with E-state index in [9.17, 15) is 4.39 Å². The van der Waals surface area contributed by atoms with Gasteiger partial charge >= 0.3 is 0 Å². The molecule has 2 heterocycles. The van der Waals surface area contributed by atoms with Crippen LogP contribution in [0.4, 0.5) is 4.39 Å². The molecule has 1 fully saturated rings. The number of halogens is 1. The van der Waals surface area contributed by atoms with Crippen molar-refractivity contribution in [3.05, 3.63) is 42.0 Å². The molecule has 0 saturated carbocycles. The van der Waals surface area contributed by atoms with Gasteiger partial charge in [-0.2, -0.15) is 0 Å². The number of piperazine rings is 1. The van der Waals surface area contributed by atoms with Crippen molar-refractivity contribution in [1.82, 2.24) is 25.2 Å². The van der Waals surface area contributed by atoms with E-state index in [4.69, 9.17) is 0 Å². The van der Waals surface area contributed by atoms with Gasteiger partial charge in [-0.3, -0.25) is 4.90 Å². The van der Waals surface area contributed by atoms with E-state index in [1.807, 2.05) is 0 Å². The van der Waals surface area contributed by atoms with E-state index in [0.29, 0.717) is 0 Å². The van der Waals surface area contributed by atoms with Gasteiger partial charge in [0.15, 0.2) is 0 Å². The molecule has 0 aliphatic carbocycles. The van der Waals surface area contributed by atoms with Gasteiger partial charge in [-0.25, -0.2) is 9.07 Å². The Labute approximate surface area is 111 Å². The van der Waals surface area contributed by atoms with Crippen LogP contribution in [0.15, 0.2) is 30.5 Å². The summed E-state index contributed by atoms with van der Waals surface area (Å²) in [7, 11) is 0. The third-order valence-electron chi connectivity index (χ3n) is 3.29. The van der Waals surface area contributed by atoms with E-state index < -0.39 is 0 Å². The van der Waals surface area contributed by atoms with Gasteiger partial charge in [0, 0.05) is 32.7 Å². The van der Waals surface area contributed by atoms with Crippen LogP contribution in [-0.4, -0.2) is 46.1 Å². The Kier molecular flexibility index (Phi) is 3.52. The predicted octanol–water partition coefficient (Wildman–Crippen LogP) is 0.812. The van der Waals surface area contributed by atoms with E-state index in [-0.39, 0.29) is 5.82 Å². The van der Waals surface area contributed by atoms with Gasteiger partial charge in [-0.05, 0) is 24.3 Å². The molecular formula is C13H16FN5. The first-order valence-corrected chi connectivity index (χ1v) is 6.41. The Balaban J connectivity index is 1.79. The SMILES string of the molecule is Fc1ccc(-n2nncc2CN2CCNCC2)cc1. The van der Waals surface area contributed by atoms with Crippen molar-refractivity contribution in [1.29, 1.82) is 0 Å². The van der Waals surface area contributed by atoms with Crippen LogP contribution in [0, 0.1) is 5.82 Å². The first-order chi connectivity index (χ1) is 9.33. The largest absolute Gasteiger partial charge is 0.314 e. The molecule has 3 rings (SSSR count). The fraction of sp³-hybridized carbons (Fsp3) is 0.385. The molecule has 19 heavy (non-hydrogen) atoms. The highest BCUT2D eigenvalue weighted by molar-refractivity contribution is 5.32. The molecule has 0 bridgehead atoms. The lowest BCUT2D eigenvalue weighted by Gasteiger charge is -2.26. The van der Waals surface area contributed by atoms with Crippen LogP contribution in [0.1, 0.15) is 5.69 Å². The zero-order chi connectivity index (χ0) is 13.1. The number of nitrogens with one attached hydrogen (secondary N) is 1. The fourth-order valence-electron chi connectivity index (χ4n) is 2.26. The maximum absolute atomic E-state index is 12.9. The molecule has 5 nitrogen and oxygen atoms in total. The summed E-state index contributed by atoms with van der Waals surface area (Å²) in [6.45, 7) is 4.88. The lowest BCUT2D eigenvalue weighted by atomic mass is 10.3. The molecule has 1 aliphatic heterocycles. The fourth-order valence-corrected chi connectivity index (χ4v) is 2.26. The van der Waals surface area contributed by atoms with Crippen LogP contribution in [0.2, 0.25) is 0 Å². The molecular weight excluding hydrogens is 245 g/mol. The van der Waals surface area contributed by atoms with Gasteiger partial charge in [0.25, 0.3) is 0 Å². The summed E-state index contributed by atoms with van der Waals surface area (Å²) in [5, 5.41) is 11.4. The summed E-state index contributed by atoms with van der Waals surface area (Å²) >= 11 is 0. The number of nitrogens with zero attached hydrogens (tertiary/aromatic N) is 4. The molecule has 1 aromatic carbocycles. The quantitative estimate of drug-likeness (QED) is 0.888. The molecule has 1 N–H and O–H groups in total. The third kappa shape index (κ3) is 2.80. The average molecular weight is 261 g/mol. The molecule has 0 atom stereocenters. The van der Waals surface area contributed by atoms with Crippen LogP contribution >= 0.6 is 0 Å². The lowest BCUT2D eigenvalue weighted by molar-refractivity contribution is 0.229. The smallest absolute Gasteiger partial charge is 0.123 e. The third-order valence-corrected chi connectivity index (χ3v) is 3.29. The maximum atomic E-state index is 12.9. The van der Waals surface area contributed by atoms with Gasteiger partial charge < -0.3 is 5.32 Å². The molecule has 0 spiro atoms. The van der Waals surface area contributed by atoms with Gasteiger partial charge in [-0.15, -0.1) is 5.10 Å². The van der Waals surface area contributed by atoms with Crippen molar-refractivity contribution in [3.8, 4) is 5.69 Å². The van der Waals surface area contributed by atoms with E-state index >= 15 is 0 Å². The van der Waals surface area contributed by atoms with Crippen LogP contribution in [0.25, 0.3) is 5.69 Å². The highest BCUT2D eigenvalue weighted by atomic mass is 19.1. The second kappa shape index (κ2) is 5.46. The summed E-state index contributed by atoms with van der Waals surface area (Å²) in [4.78, 5) is 2.36. The Bertz CT molecular complexity index is 530. The molecule has 0 amide bonds. The van der Waals surface area contributed by atoms with Crippen molar-refractivity contribution in [2.24, 2.45) is 0 Å². The minimum atomic E-state index is -0.243. The molecule has 0 radical (unpaired) electrons. The highest BCUT2D eigenvalue weighted by Crippen LogP contribution is 2.12. The number of hydrogen-bond acceptors (Lipinski definition) is 4.